The van der Waals surface area contributed by atoms with Crippen LogP contribution >= 0.6 is 11.8 Å². The maximum atomic E-state index is 4.18. The van der Waals surface area contributed by atoms with Gasteiger partial charge in [0.25, 0.3) is 0 Å². The molecule has 2 aromatic rings. The highest BCUT2D eigenvalue weighted by Crippen LogP contribution is 2.16. The van der Waals surface area contributed by atoms with Gasteiger partial charge in [0.05, 0.1) is 0 Å². The number of nitrogens with zero attached hydrogens (tertiary/aromatic N) is 4. The van der Waals surface area contributed by atoms with Gasteiger partial charge in [-0.15, -0.1) is 10.2 Å². The Balaban J connectivity index is 0.000000509. The maximum Gasteiger partial charge on any atom is 0.195 e. The van der Waals surface area contributed by atoms with Crippen molar-refractivity contribution in [1.29, 1.82) is 0 Å². The first-order chi connectivity index (χ1) is 8.78. The van der Waals surface area contributed by atoms with Crippen molar-refractivity contribution in [1.82, 2.24) is 19.6 Å². The maximum absolute atomic E-state index is 4.18. The van der Waals surface area contributed by atoms with Crippen LogP contribution in [0.3, 0.4) is 0 Å². The Kier molecular flexibility index (Phi) is 9.00. The Hall–Kier alpha value is -1.30. The smallest absolute Gasteiger partial charge is 0.195 e. The minimum Gasteiger partial charge on any atom is -0.369 e. The predicted octanol–water partition coefficient (Wildman–Crippen LogP) is 3.33. The molecule has 0 saturated heterocycles. The van der Waals surface area contributed by atoms with E-state index in [0.29, 0.717) is 5.82 Å². The number of hydrogen-bond acceptors (Lipinski definition) is 5. The quantitative estimate of drug-likeness (QED) is 0.847. The van der Waals surface area contributed by atoms with Crippen molar-refractivity contribution in [2.24, 2.45) is 0 Å². The molecule has 2 rings (SSSR count). The predicted molar refractivity (Wildman–Crippen MR) is 79.4 cm³/mol. The highest BCUT2D eigenvalue weighted by atomic mass is 32.2. The summed E-state index contributed by atoms with van der Waals surface area (Å²) in [5.74, 6) is 0.697. The van der Waals surface area contributed by atoms with Crippen LogP contribution in [0.5, 0.6) is 0 Å². The number of imidazole rings is 1. The fourth-order valence-electron chi connectivity index (χ4n) is 1.12. The monoisotopic (exact) mass is 269 g/mol. The van der Waals surface area contributed by atoms with Gasteiger partial charge in [0.15, 0.2) is 16.6 Å². The van der Waals surface area contributed by atoms with Crippen LogP contribution in [0.25, 0.3) is 5.65 Å². The molecule has 0 aromatic carbocycles. The van der Waals surface area contributed by atoms with Crippen LogP contribution < -0.4 is 5.32 Å². The number of anilines is 1. The third-order valence-corrected chi connectivity index (χ3v) is 2.36. The number of rotatable bonds is 2. The lowest BCUT2D eigenvalue weighted by molar-refractivity contribution is 0.812. The van der Waals surface area contributed by atoms with E-state index in [-0.39, 0.29) is 0 Å². The van der Waals surface area contributed by atoms with Crippen molar-refractivity contribution in [3.63, 3.8) is 0 Å². The van der Waals surface area contributed by atoms with E-state index < -0.39 is 0 Å². The summed E-state index contributed by atoms with van der Waals surface area (Å²) in [4.78, 5) is 4.18. The highest BCUT2D eigenvalue weighted by molar-refractivity contribution is 7.98. The van der Waals surface area contributed by atoms with Crippen molar-refractivity contribution in [3.05, 3.63) is 12.4 Å². The molecule has 18 heavy (non-hydrogen) atoms. The van der Waals surface area contributed by atoms with E-state index in [0.717, 1.165) is 10.8 Å². The molecule has 0 spiro atoms. The van der Waals surface area contributed by atoms with Gasteiger partial charge in [-0.05, 0) is 6.26 Å². The zero-order valence-corrected chi connectivity index (χ0v) is 12.9. The summed E-state index contributed by atoms with van der Waals surface area (Å²) in [6.07, 6.45) is 6.82. The molecular weight excluding hydrogens is 246 g/mol. The lowest BCUT2D eigenvalue weighted by Crippen LogP contribution is -2.02. The minimum absolute atomic E-state index is 0.697. The van der Waals surface area contributed by atoms with E-state index in [9.17, 15) is 0 Å². The molecule has 0 unspecified atom stereocenters. The first-order valence-electron chi connectivity index (χ1n) is 6.19. The number of aromatic nitrogens is 4. The molecule has 5 nitrogen and oxygen atoms in total. The summed E-state index contributed by atoms with van der Waals surface area (Å²) in [6.45, 7) is 8.25. The highest BCUT2D eigenvalue weighted by Gasteiger charge is 2.06. The van der Waals surface area contributed by atoms with Crippen LogP contribution in [-0.2, 0) is 0 Å². The van der Waals surface area contributed by atoms with Crippen molar-refractivity contribution in [3.8, 4) is 0 Å². The van der Waals surface area contributed by atoms with Crippen LogP contribution in [0.2, 0.25) is 0 Å². The summed E-state index contributed by atoms with van der Waals surface area (Å²) in [6, 6.07) is 0. The Labute approximate surface area is 113 Å². The van der Waals surface area contributed by atoms with Gasteiger partial charge in [0.2, 0.25) is 0 Å². The molecule has 0 aliphatic heterocycles. The van der Waals surface area contributed by atoms with E-state index in [1.807, 2.05) is 30.7 Å². The third kappa shape index (κ3) is 4.18. The Morgan fingerprint density at radius 3 is 2.39 bits per heavy atom. The number of thioether (sulfide) groups is 1. The van der Waals surface area contributed by atoms with Crippen LogP contribution in [0.4, 0.5) is 5.82 Å². The molecule has 102 valence electrons. The minimum atomic E-state index is 0.697. The standard InChI is InChI=1S/C7H9N5S.C3H8.C2H6/c1-8-5-6-9-3-4-12(6)7(13-2)11-10-5;1-3-2;1-2/h3-4H,1-2H3,(H,8,10);3H2,1-2H3;1-2H3. The van der Waals surface area contributed by atoms with Gasteiger partial charge in [-0.1, -0.05) is 45.9 Å². The first-order valence-corrected chi connectivity index (χ1v) is 7.42. The summed E-state index contributed by atoms with van der Waals surface area (Å²) in [7, 11) is 1.80. The van der Waals surface area contributed by atoms with E-state index in [1.54, 1.807) is 25.0 Å². The number of nitrogens with one attached hydrogen (secondary N) is 1. The summed E-state index contributed by atoms with van der Waals surface area (Å²) < 4.78 is 1.91. The van der Waals surface area contributed by atoms with Crippen LogP contribution in [-0.4, -0.2) is 32.9 Å². The van der Waals surface area contributed by atoms with Crippen molar-refractivity contribution < 1.29 is 0 Å². The largest absolute Gasteiger partial charge is 0.369 e. The summed E-state index contributed by atoms with van der Waals surface area (Å²) in [5.41, 5.74) is 0.807. The molecule has 0 atom stereocenters. The van der Waals surface area contributed by atoms with Gasteiger partial charge in [0, 0.05) is 19.4 Å². The first kappa shape index (κ1) is 16.7. The van der Waals surface area contributed by atoms with Gasteiger partial charge in [-0.2, -0.15) is 0 Å². The zero-order chi connectivity index (χ0) is 14.0. The SMILES string of the molecule is CC.CCC.CNc1nnc(SC)n2ccnc12. The average Bonchev–Trinajstić information content (AvgIpc) is 2.90. The van der Waals surface area contributed by atoms with Crippen molar-refractivity contribution in [2.45, 2.75) is 39.3 Å². The van der Waals surface area contributed by atoms with Crippen LogP contribution in [0.15, 0.2) is 17.6 Å². The van der Waals surface area contributed by atoms with E-state index in [2.05, 4.69) is 34.3 Å². The molecule has 0 fully saturated rings. The molecule has 0 amide bonds. The topological polar surface area (TPSA) is 55.1 Å². The molecule has 1 N–H and O–H groups in total. The van der Waals surface area contributed by atoms with Gasteiger partial charge in [0.1, 0.15) is 0 Å². The van der Waals surface area contributed by atoms with Gasteiger partial charge >= 0.3 is 0 Å². The molecule has 0 radical (unpaired) electrons. The zero-order valence-electron chi connectivity index (χ0n) is 12.1. The van der Waals surface area contributed by atoms with Gasteiger partial charge < -0.3 is 5.32 Å². The molecule has 6 heteroatoms. The Morgan fingerprint density at radius 1 is 1.28 bits per heavy atom. The molecule has 2 aromatic heterocycles. The molecule has 0 aliphatic carbocycles. The fourth-order valence-corrected chi connectivity index (χ4v) is 1.59. The molecular formula is C12H23N5S. The normalized spacial score (nSPS) is 9.00. The summed E-state index contributed by atoms with van der Waals surface area (Å²) >= 11 is 1.54. The van der Waals surface area contributed by atoms with Crippen molar-refractivity contribution in [2.75, 3.05) is 18.6 Å². The van der Waals surface area contributed by atoms with Crippen LogP contribution in [0.1, 0.15) is 34.1 Å². The van der Waals surface area contributed by atoms with E-state index in [4.69, 9.17) is 0 Å². The Morgan fingerprint density at radius 2 is 1.89 bits per heavy atom. The second-order valence-electron chi connectivity index (χ2n) is 3.11. The molecule has 0 bridgehead atoms. The number of hydrogen-bond donors (Lipinski definition) is 1. The lowest BCUT2D eigenvalue weighted by atomic mass is 10.6. The molecule has 0 aliphatic rings. The van der Waals surface area contributed by atoms with Gasteiger partial charge in [-0.3, -0.25) is 4.40 Å². The second-order valence-corrected chi connectivity index (χ2v) is 3.89. The lowest BCUT2D eigenvalue weighted by Gasteiger charge is -2.03. The third-order valence-electron chi connectivity index (χ3n) is 1.71. The molecule has 2 heterocycles. The summed E-state index contributed by atoms with van der Waals surface area (Å²) in [5, 5.41) is 11.8. The fraction of sp³-hybridized carbons (Fsp3) is 0.583. The van der Waals surface area contributed by atoms with Crippen molar-refractivity contribution >= 4 is 23.2 Å². The number of fused-ring (bicyclic) bond motifs is 1. The second kappa shape index (κ2) is 9.70. The van der Waals surface area contributed by atoms with Crippen LogP contribution in [0, 0.1) is 0 Å². The van der Waals surface area contributed by atoms with Gasteiger partial charge in [-0.25, -0.2) is 4.98 Å². The Bertz CT molecular complexity index is 403. The van der Waals surface area contributed by atoms with E-state index >= 15 is 0 Å². The van der Waals surface area contributed by atoms with E-state index in [1.165, 1.54) is 6.42 Å². The average molecular weight is 269 g/mol. The molecule has 0 saturated carbocycles.